The molecule has 7 nitrogen and oxygen atoms in total. The van der Waals surface area contributed by atoms with Crippen molar-refractivity contribution in [3.05, 3.63) is 53.6 Å². The van der Waals surface area contributed by atoms with Crippen LogP contribution in [-0.2, 0) is 14.3 Å². The van der Waals surface area contributed by atoms with E-state index in [2.05, 4.69) is 0 Å². The highest BCUT2D eigenvalue weighted by atomic mass is 16.5. The van der Waals surface area contributed by atoms with E-state index in [1.165, 1.54) is 7.11 Å². The number of ketones is 1. The Hall–Kier alpha value is -3.35. The van der Waals surface area contributed by atoms with E-state index in [9.17, 15) is 9.59 Å². The molecule has 0 spiro atoms. The fourth-order valence-electron chi connectivity index (χ4n) is 5.65. The first kappa shape index (κ1) is 23.8. The normalized spacial score (nSPS) is 26.2. The molecule has 1 saturated carbocycles. The van der Waals surface area contributed by atoms with Crippen molar-refractivity contribution in [2.45, 2.75) is 37.6 Å². The number of aliphatic imine (C=N–C) groups is 1. The number of carbonyl (C=O) groups excluding carboxylic acids is 2. The summed E-state index contributed by atoms with van der Waals surface area (Å²) in [6, 6.07) is 13.0. The van der Waals surface area contributed by atoms with Gasteiger partial charge in [-0.25, -0.2) is 0 Å². The quantitative estimate of drug-likeness (QED) is 0.595. The molecule has 0 radical (unpaired) electrons. The average molecular weight is 466 g/mol. The van der Waals surface area contributed by atoms with Gasteiger partial charge in [0.05, 0.1) is 46.3 Å². The molecule has 2 aliphatic rings. The number of methoxy groups -OCH3 is 4. The van der Waals surface area contributed by atoms with Crippen LogP contribution in [0.4, 0.5) is 0 Å². The summed E-state index contributed by atoms with van der Waals surface area (Å²) < 4.78 is 21.9. The molecule has 5 unspecified atom stereocenters. The molecule has 34 heavy (non-hydrogen) atoms. The third-order valence-corrected chi connectivity index (χ3v) is 7.09. The molecule has 0 N–H and O–H groups in total. The minimum atomic E-state index is -0.619. The zero-order valence-electron chi connectivity index (χ0n) is 20.2. The number of hydrogen-bond acceptors (Lipinski definition) is 7. The fourth-order valence-corrected chi connectivity index (χ4v) is 5.65. The standard InChI is InChI=1S/C27H31NO6/c1-15-23(27(30)34-5)24(18-10-8-12-22(32-3)26(18)33-4)25-19(28-15)13-16(14-20(25)29)17-9-6-7-11-21(17)31-2/h6-12,15-16,23-25H,13-14H2,1-5H3. The second kappa shape index (κ2) is 9.87. The van der Waals surface area contributed by atoms with Crippen LogP contribution in [0, 0.1) is 11.8 Å². The third kappa shape index (κ3) is 4.04. The molecule has 2 aromatic rings. The largest absolute Gasteiger partial charge is 0.496 e. The number of Topliss-reactive ketones (excluding diaryl/α,β-unsaturated/α-hetero) is 1. The number of para-hydroxylation sites is 2. The number of fused-ring (bicyclic) bond motifs is 1. The SMILES string of the molecule is COC(=O)C1C(C)N=C2CC(c3ccccc3OC)CC(=O)C2C1c1cccc(OC)c1OC. The maximum absolute atomic E-state index is 13.8. The molecule has 1 aliphatic heterocycles. The van der Waals surface area contributed by atoms with Gasteiger partial charge in [0.1, 0.15) is 11.5 Å². The van der Waals surface area contributed by atoms with Crippen LogP contribution in [-0.4, -0.2) is 51.9 Å². The molecule has 180 valence electrons. The summed E-state index contributed by atoms with van der Waals surface area (Å²) in [7, 11) is 6.14. The topological polar surface area (TPSA) is 83.4 Å². The average Bonchev–Trinajstić information content (AvgIpc) is 2.86. The second-order valence-electron chi connectivity index (χ2n) is 8.81. The summed E-state index contributed by atoms with van der Waals surface area (Å²) in [6.07, 6.45) is 0.965. The molecule has 1 aliphatic carbocycles. The molecule has 0 amide bonds. The minimum Gasteiger partial charge on any atom is -0.496 e. The Morgan fingerprint density at radius 3 is 2.24 bits per heavy atom. The van der Waals surface area contributed by atoms with Crippen LogP contribution in [0.15, 0.2) is 47.5 Å². The molecular formula is C27H31NO6. The Labute approximate surface area is 200 Å². The summed E-state index contributed by atoms with van der Waals surface area (Å²) in [5.41, 5.74) is 2.57. The summed E-state index contributed by atoms with van der Waals surface area (Å²) in [5.74, 6) is -0.145. The number of benzene rings is 2. The maximum atomic E-state index is 13.8. The smallest absolute Gasteiger partial charge is 0.311 e. The van der Waals surface area contributed by atoms with Crippen LogP contribution in [0.25, 0.3) is 0 Å². The first-order valence-electron chi connectivity index (χ1n) is 11.5. The number of nitrogens with zero attached hydrogens (tertiary/aromatic N) is 1. The van der Waals surface area contributed by atoms with Gasteiger partial charge in [-0.05, 0) is 37.0 Å². The van der Waals surface area contributed by atoms with Gasteiger partial charge in [0.2, 0.25) is 0 Å². The lowest BCUT2D eigenvalue weighted by molar-refractivity contribution is -0.147. The van der Waals surface area contributed by atoms with Crippen molar-refractivity contribution < 1.29 is 28.5 Å². The Kier molecular flexibility index (Phi) is 6.91. The summed E-state index contributed by atoms with van der Waals surface area (Å²) in [6.45, 7) is 1.90. The minimum absolute atomic E-state index is 0.0339. The summed E-state index contributed by atoms with van der Waals surface area (Å²) >= 11 is 0. The Morgan fingerprint density at radius 1 is 0.882 bits per heavy atom. The van der Waals surface area contributed by atoms with Crippen LogP contribution >= 0.6 is 0 Å². The Balaban J connectivity index is 1.83. The van der Waals surface area contributed by atoms with Gasteiger partial charge in [-0.1, -0.05) is 30.3 Å². The zero-order valence-corrected chi connectivity index (χ0v) is 20.2. The van der Waals surface area contributed by atoms with Crippen molar-refractivity contribution in [1.82, 2.24) is 0 Å². The Morgan fingerprint density at radius 2 is 1.56 bits per heavy atom. The predicted molar refractivity (Wildman–Crippen MR) is 128 cm³/mol. The molecule has 2 aromatic carbocycles. The van der Waals surface area contributed by atoms with Gasteiger partial charge in [-0.2, -0.15) is 0 Å². The van der Waals surface area contributed by atoms with Crippen LogP contribution in [0.3, 0.4) is 0 Å². The van der Waals surface area contributed by atoms with Crippen molar-refractivity contribution in [3.63, 3.8) is 0 Å². The monoisotopic (exact) mass is 465 g/mol. The van der Waals surface area contributed by atoms with Crippen LogP contribution in [0.5, 0.6) is 17.2 Å². The van der Waals surface area contributed by atoms with Gasteiger partial charge < -0.3 is 18.9 Å². The van der Waals surface area contributed by atoms with Crippen molar-refractivity contribution in [1.29, 1.82) is 0 Å². The van der Waals surface area contributed by atoms with E-state index in [0.717, 1.165) is 22.6 Å². The van der Waals surface area contributed by atoms with Gasteiger partial charge in [0, 0.05) is 23.6 Å². The lowest BCUT2D eigenvalue weighted by atomic mass is 9.63. The van der Waals surface area contributed by atoms with Crippen LogP contribution < -0.4 is 14.2 Å². The van der Waals surface area contributed by atoms with Gasteiger partial charge in [-0.15, -0.1) is 0 Å². The van der Waals surface area contributed by atoms with Crippen molar-refractivity contribution in [2.75, 3.05) is 28.4 Å². The van der Waals surface area contributed by atoms with E-state index in [1.54, 1.807) is 27.4 Å². The lowest BCUT2D eigenvalue weighted by Gasteiger charge is -2.43. The van der Waals surface area contributed by atoms with E-state index in [4.69, 9.17) is 23.9 Å². The summed E-state index contributed by atoms with van der Waals surface area (Å²) in [4.78, 5) is 31.6. The van der Waals surface area contributed by atoms with Crippen molar-refractivity contribution >= 4 is 17.5 Å². The highest BCUT2D eigenvalue weighted by molar-refractivity contribution is 6.10. The molecule has 0 saturated heterocycles. The molecule has 5 atom stereocenters. The van der Waals surface area contributed by atoms with Crippen molar-refractivity contribution in [2.24, 2.45) is 16.8 Å². The van der Waals surface area contributed by atoms with Gasteiger partial charge in [0.25, 0.3) is 0 Å². The maximum Gasteiger partial charge on any atom is 0.311 e. The lowest BCUT2D eigenvalue weighted by Crippen LogP contribution is -2.48. The van der Waals surface area contributed by atoms with E-state index in [-0.39, 0.29) is 23.7 Å². The molecule has 1 heterocycles. The molecule has 1 fully saturated rings. The van der Waals surface area contributed by atoms with Crippen molar-refractivity contribution in [3.8, 4) is 17.2 Å². The van der Waals surface area contributed by atoms with Crippen LogP contribution in [0.2, 0.25) is 0 Å². The van der Waals surface area contributed by atoms with E-state index in [1.807, 2.05) is 43.3 Å². The fraction of sp³-hybridized carbons (Fsp3) is 0.444. The highest BCUT2D eigenvalue weighted by Gasteiger charge is 2.51. The number of hydrogen-bond donors (Lipinski definition) is 0. The predicted octanol–water partition coefficient (Wildman–Crippen LogP) is 4.19. The third-order valence-electron chi connectivity index (χ3n) is 7.09. The van der Waals surface area contributed by atoms with E-state index < -0.39 is 17.8 Å². The number of rotatable bonds is 6. The number of carbonyl (C=O) groups is 2. The number of ether oxygens (including phenoxy) is 4. The first-order chi connectivity index (χ1) is 16.4. The molecule has 7 heteroatoms. The molecular weight excluding hydrogens is 434 g/mol. The van der Waals surface area contributed by atoms with E-state index >= 15 is 0 Å². The van der Waals surface area contributed by atoms with Gasteiger partial charge in [-0.3, -0.25) is 14.6 Å². The molecule has 4 rings (SSSR count). The zero-order chi connectivity index (χ0) is 24.4. The Bertz CT molecular complexity index is 1110. The summed E-state index contributed by atoms with van der Waals surface area (Å²) in [5, 5.41) is 0. The first-order valence-corrected chi connectivity index (χ1v) is 11.5. The molecule has 0 aromatic heterocycles. The highest BCUT2D eigenvalue weighted by Crippen LogP contribution is 2.50. The number of esters is 1. The van der Waals surface area contributed by atoms with Gasteiger partial charge >= 0.3 is 5.97 Å². The molecule has 0 bridgehead atoms. The van der Waals surface area contributed by atoms with E-state index in [0.29, 0.717) is 24.3 Å². The second-order valence-corrected chi connectivity index (χ2v) is 8.81. The van der Waals surface area contributed by atoms with Crippen LogP contribution in [0.1, 0.15) is 42.7 Å². The van der Waals surface area contributed by atoms with Gasteiger partial charge in [0.15, 0.2) is 11.5 Å².